The van der Waals surface area contributed by atoms with Crippen molar-refractivity contribution in [2.45, 2.75) is 36.8 Å². The fraction of sp³-hybridized carbons (Fsp3) is 0.440. The molecule has 0 saturated carbocycles. The topological polar surface area (TPSA) is 59.1 Å². The first-order chi connectivity index (χ1) is 15.5. The fourth-order valence-electron chi connectivity index (χ4n) is 5.27. The zero-order valence-electron chi connectivity index (χ0n) is 18.0. The second-order valence-corrected chi connectivity index (χ2v) is 9.51. The van der Waals surface area contributed by atoms with Crippen LogP contribution in [0.5, 0.6) is 0 Å². The van der Waals surface area contributed by atoms with Crippen molar-refractivity contribution in [3.8, 4) is 0 Å². The monoisotopic (exact) mass is 454 g/mol. The molecule has 0 N–H and O–H groups in total. The summed E-state index contributed by atoms with van der Waals surface area (Å²) >= 11 is 6.10. The molecule has 5 rings (SSSR count). The van der Waals surface area contributed by atoms with Gasteiger partial charge in [-0.2, -0.15) is 0 Å². The van der Waals surface area contributed by atoms with Gasteiger partial charge in [0.15, 0.2) is 5.60 Å². The summed E-state index contributed by atoms with van der Waals surface area (Å²) in [7, 11) is 0. The zero-order valence-corrected chi connectivity index (χ0v) is 18.7. The van der Waals surface area contributed by atoms with Crippen LogP contribution in [0.1, 0.15) is 30.4 Å². The van der Waals surface area contributed by atoms with Crippen LogP contribution < -0.4 is 0 Å². The lowest BCUT2D eigenvalue weighted by Gasteiger charge is -2.39. The Morgan fingerprint density at radius 1 is 0.969 bits per heavy atom. The van der Waals surface area contributed by atoms with Crippen LogP contribution in [0, 0.1) is 0 Å². The van der Waals surface area contributed by atoms with E-state index in [1.165, 1.54) is 0 Å². The van der Waals surface area contributed by atoms with Gasteiger partial charge in [-0.25, -0.2) is 4.79 Å². The molecule has 1 spiro atoms. The molecule has 2 aromatic carbocycles. The van der Waals surface area contributed by atoms with Crippen LogP contribution in [-0.4, -0.2) is 60.2 Å². The Morgan fingerprint density at radius 3 is 2.41 bits per heavy atom. The second-order valence-electron chi connectivity index (χ2n) is 9.07. The molecule has 3 fully saturated rings. The Labute approximate surface area is 193 Å². The minimum atomic E-state index is -0.631. The van der Waals surface area contributed by atoms with Crippen LogP contribution in [-0.2, 0) is 26.2 Å². The Balaban J connectivity index is 1.33. The summed E-state index contributed by atoms with van der Waals surface area (Å²) in [5.74, 6) is 0.0950. The van der Waals surface area contributed by atoms with Crippen molar-refractivity contribution in [1.29, 1.82) is 0 Å². The van der Waals surface area contributed by atoms with Gasteiger partial charge in [0, 0.05) is 37.7 Å². The molecule has 2 amide bonds. The molecule has 3 aliphatic heterocycles. The number of rotatable bonds is 4. The van der Waals surface area contributed by atoms with E-state index in [4.69, 9.17) is 21.1 Å². The van der Waals surface area contributed by atoms with Gasteiger partial charge in [-0.05, 0) is 36.1 Å². The molecule has 0 aromatic heterocycles. The molecule has 0 unspecified atom stereocenters. The van der Waals surface area contributed by atoms with E-state index >= 15 is 0 Å². The number of hydrogen-bond donors (Lipinski definition) is 0. The maximum Gasteiger partial charge on any atom is 0.410 e. The Kier molecular flexibility index (Phi) is 5.59. The van der Waals surface area contributed by atoms with E-state index in [0.29, 0.717) is 63.7 Å². The van der Waals surface area contributed by atoms with Crippen LogP contribution in [0.25, 0.3) is 0 Å². The molecule has 3 aliphatic rings. The molecule has 6 nitrogen and oxygen atoms in total. The number of carbonyl (C=O) groups excluding carboxylic acids is 2. The predicted octanol–water partition coefficient (Wildman–Crippen LogP) is 4.01. The Morgan fingerprint density at radius 2 is 1.69 bits per heavy atom. The molecule has 1 atom stereocenters. The van der Waals surface area contributed by atoms with E-state index < -0.39 is 11.0 Å². The summed E-state index contributed by atoms with van der Waals surface area (Å²) in [5.41, 5.74) is 0.788. The van der Waals surface area contributed by atoms with E-state index in [2.05, 4.69) is 0 Å². The lowest BCUT2D eigenvalue weighted by atomic mass is 9.73. The number of halogens is 1. The molecule has 7 heteroatoms. The standard InChI is InChI=1S/C25H27ClN2O4/c26-21-8-6-20(7-9-21)25(11-14-31-15-12-25)22(29)27-13-10-24(17-27)18-28(23(30)32-24)16-19-4-2-1-3-5-19/h1-9H,10-18H2/t24-/m0/s1. The van der Waals surface area contributed by atoms with Crippen molar-refractivity contribution in [3.63, 3.8) is 0 Å². The van der Waals surface area contributed by atoms with Gasteiger partial charge in [0.2, 0.25) is 5.91 Å². The summed E-state index contributed by atoms with van der Waals surface area (Å²) in [4.78, 5) is 30.1. The molecule has 168 valence electrons. The molecule has 0 aliphatic carbocycles. The van der Waals surface area contributed by atoms with Gasteiger partial charge in [0.25, 0.3) is 0 Å². The lowest BCUT2D eigenvalue weighted by molar-refractivity contribution is -0.141. The van der Waals surface area contributed by atoms with Crippen molar-refractivity contribution in [1.82, 2.24) is 9.80 Å². The number of hydrogen-bond acceptors (Lipinski definition) is 4. The smallest absolute Gasteiger partial charge is 0.410 e. The molecule has 32 heavy (non-hydrogen) atoms. The minimum absolute atomic E-state index is 0.0950. The largest absolute Gasteiger partial charge is 0.439 e. The minimum Gasteiger partial charge on any atom is -0.439 e. The van der Waals surface area contributed by atoms with Crippen LogP contribution in [0.2, 0.25) is 5.02 Å². The van der Waals surface area contributed by atoms with Crippen molar-refractivity contribution >= 4 is 23.6 Å². The molecule has 0 radical (unpaired) electrons. The summed E-state index contributed by atoms with van der Waals surface area (Å²) in [6.45, 7) is 3.13. The van der Waals surface area contributed by atoms with Crippen LogP contribution >= 0.6 is 11.6 Å². The number of carbonyl (C=O) groups is 2. The van der Waals surface area contributed by atoms with Crippen LogP contribution in [0.15, 0.2) is 54.6 Å². The highest BCUT2D eigenvalue weighted by Gasteiger charge is 2.53. The van der Waals surface area contributed by atoms with E-state index in [9.17, 15) is 9.59 Å². The van der Waals surface area contributed by atoms with Gasteiger partial charge in [-0.3, -0.25) is 9.69 Å². The third-order valence-electron chi connectivity index (χ3n) is 7.01. The molecule has 3 heterocycles. The summed E-state index contributed by atoms with van der Waals surface area (Å²) in [5, 5.41) is 0.653. The average Bonchev–Trinajstić information content (AvgIpc) is 3.36. The third-order valence-corrected chi connectivity index (χ3v) is 7.27. The number of benzene rings is 2. The maximum absolute atomic E-state index is 13.9. The van der Waals surface area contributed by atoms with Gasteiger partial charge < -0.3 is 14.4 Å². The molecule has 0 bridgehead atoms. The number of amides is 2. The van der Waals surface area contributed by atoms with E-state index in [0.717, 1.165) is 11.1 Å². The molecule has 3 saturated heterocycles. The first-order valence-corrected chi connectivity index (χ1v) is 11.5. The van der Waals surface area contributed by atoms with Crippen LogP contribution in [0.3, 0.4) is 0 Å². The SMILES string of the molecule is O=C1O[C@]2(CCN(C(=O)C3(c4ccc(Cl)cc4)CCOCC3)C2)CN1Cc1ccccc1. The van der Waals surface area contributed by atoms with E-state index in [1.807, 2.05) is 59.5 Å². The van der Waals surface area contributed by atoms with Gasteiger partial charge in [0.1, 0.15) is 0 Å². The highest BCUT2D eigenvalue weighted by molar-refractivity contribution is 6.30. The summed E-state index contributed by atoms with van der Waals surface area (Å²) in [6.07, 6.45) is 1.62. The normalized spacial score (nSPS) is 24.7. The summed E-state index contributed by atoms with van der Waals surface area (Å²) < 4.78 is 11.5. The molecular formula is C25H27ClN2O4. The number of nitrogens with zero attached hydrogens (tertiary/aromatic N) is 2. The van der Waals surface area contributed by atoms with E-state index in [1.54, 1.807) is 4.90 Å². The van der Waals surface area contributed by atoms with Crippen molar-refractivity contribution in [2.75, 3.05) is 32.8 Å². The highest BCUT2D eigenvalue weighted by atomic mass is 35.5. The quantitative estimate of drug-likeness (QED) is 0.700. The average molecular weight is 455 g/mol. The van der Waals surface area contributed by atoms with Crippen LogP contribution in [0.4, 0.5) is 4.79 Å². The van der Waals surface area contributed by atoms with Gasteiger partial charge >= 0.3 is 6.09 Å². The highest BCUT2D eigenvalue weighted by Crippen LogP contribution is 2.41. The Bertz CT molecular complexity index is 991. The first-order valence-electron chi connectivity index (χ1n) is 11.1. The molecule has 2 aromatic rings. The Hall–Kier alpha value is -2.57. The summed E-state index contributed by atoms with van der Waals surface area (Å²) in [6, 6.07) is 17.5. The van der Waals surface area contributed by atoms with Crippen molar-refractivity contribution in [3.05, 3.63) is 70.7 Å². The van der Waals surface area contributed by atoms with Crippen molar-refractivity contribution in [2.24, 2.45) is 0 Å². The lowest BCUT2D eigenvalue weighted by Crippen LogP contribution is -2.50. The fourth-order valence-corrected chi connectivity index (χ4v) is 5.39. The van der Waals surface area contributed by atoms with Gasteiger partial charge in [0.05, 0.1) is 18.5 Å². The first kappa shape index (κ1) is 21.3. The van der Waals surface area contributed by atoms with Gasteiger partial charge in [-0.1, -0.05) is 54.1 Å². The second kappa shape index (κ2) is 8.41. The third kappa shape index (κ3) is 3.86. The predicted molar refractivity (Wildman–Crippen MR) is 120 cm³/mol. The van der Waals surface area contributed by atoms with E-state index in [-0.39, 0.29) is 12.0 Å². The number of likely N-dealkylation sites (tertiary alicyclic amines) is 1. The van der Waals surface area contributed by atoms with Gasteiger partial charge in [-0.15, -0.1) is 0 Å². The molecular weight excluding hydrogens is 428 g/mol. The van der Waals surface area contributed by atoms with Crippen molar-refractivity contribution < 1.29 is 19.1 Å². The number of ether oxygens (including phenoxy) is 2. The maximum atomic E-state index is 13.9. The zero-order chi connectivity index (χ0) is 22.2.